The molecular formula is C14H10IN3O. The van der Waals surface area contributed by atoms with E-state index in [1.54, 1.807) is 2.90 Å². The number of benzene rings is 2. The van der Waals surface area contributed by atoms with Crippen LogP contribution in [0.4, 0.5) is 0 Å². The fourth-order valence-corrected chi connectivity index (χ4v) is 2.05. The van der Waals surface area contributed by atoms with Gasteiger partial charge in [0.1, 0.15) is 17.2 Å². The molecule has 0 spiro atoms. The Morgan fingerprint density at radius 1 is 0.895 bits per heavy atom. The summed E-state index contributed by atoms with van der Waals surface area (Å²) in [6.45, 7) is 0. The highest BCUT2D eigenvalue weighted by atomic mass is 127. The first-order chi connectivity index (χ1) is 9.31. The molecule has 94 valence electrons. The van der Waals surface area contributed by atoms with E-state index in [4.69, 9.17) is 4.74 Å². The molecule has 19 heavy (non-hydrogen) atoms. The number of aromatic nitrogens is 3. The zero-order valence-corrected chi connectivity index (χ0v) is 12.1. The van der Waals surface area contributed by atoms with Crippen molar-refractivity contribution in [2.45, 2.75) is 0 Å². The highest BCUT2D eigenvalue weighted by Gasteiger charge is 2.03. The molecule has 1 heterocycles. The standard InChI is InChI=1S/C14H10IN3O/c15-18-10-14(16-17-18)11-6-8-13(9-7-11)19-12-4-2-1-3-5-12/h1-10H. The Morgan fingerprint density at radius 3 is 2.21 bits per heavy atom. The summed E-state index contributed by atoms with van der Waals surface area (Å²) in [5, 5.41) is 7.97. The van der Waals surface area contributed by atoms with Crippen molar-refractivity contribution in [1.82, 2.24) is 13.2 Å². The third kappa shape index (κ3) is 2.93. The van der Waals surface area contributed by atoms with E-state index >= 15 is 0 Å². The van der Waals surface area contributed by atoms with Gasteiger partial charge < -0.3 is 4.74 Å². The molecule has 3 aromatic rings. The number of hydrogen-bond acceptors (Lipinski definition) is 3. The molecule has 0 bridgehead atoms. The maximum Gasteiger partial charge on any atom is 0.127 e. The van der Waals surface area contributed by atoms with E-state index in [0.717, 1.165) is 22.8 Å². The second-order valence-electron chi connectivity index (χ2n) is 3.93. The van der Waals surface area contributed by atoms with E-state index in [-0.39, 0.29) is 0 Å². The SMILES string of the molecule is In1cc(-c2ccc(Oc3ccccc3)cc2)nn1. The second kappa shape index (κ2) is 5.40. The Morgan fingerprint density at radius 2 is 1.58 bits per heavy atom. The van der Waals surface area contributed by atoms with Gasteiger partial charge in [0.05, 0.1) is 29.1 Å². The summed E-state index contributed by atoms with van der Waals surface area (Å²) in [5.74, 6) is 1.63. The molecule has 4 nitrogen and oxygen atoms in total. The van der Waals surface area contributed by atoms with Crippen LogP contribution in [0.15, 0.2) is 60.8 Å². The van der Waals surface area contributed by atoms with Crippen LogP contribution in [0.5, 0.6) is 11.5 Å². The molecule has 0 saturated carbocycles. The van der Waals surface area contributed by atoms with E-state index in [1.807, 2.05) is 60.8 Å². The van der Waals surface area contributed by atoms with Crippen LogP contribution in [0, 0.1) is 0 Å². The first-order valence-electron chi connectivity index (χ1n) is 5.73. The average molecular weight is 363 g/mol. The molecule has 0 aliphatic rings. The van der Waals surface area contributed by atoms with Crippen molar-refractivity contribution in [3.8, 4) is 22.8 Å². The van der Waals surface area contributed by atoms with E-state index in [0.29, 0.717) is 0 Å². The lowest BCUT2D eigenvalue weighted by molar-refractivity contribution is 0.483. The van der Waals surface area contributed by atoms with E-state index < -0.39 is 0 Å². The van der Waals surface area contributed by atoms with Crippen molar-refractivity contribution in [2.24, 2.45) is 0 Å². The molecule has 0 N–H and O–H groups in total. The van der Waals surface area contributed by atoms with Crippen molar-refractivity contribution < 1.29 is 4.74 Å². The van der Waals surface area contributed by atoms with Crippen LogP contribution >= 0.6 is 22.9 Å². The topological polar surface area (TPSA) is 39.9 Å². The highest BCUT2D eigenvalue weighted by Crippen LogP contribution is 2.24. The number of halogens is 1. The first kappa shape index (κ1) is 12.2. The van der Waals surface area contributed by atoms with Gasteiger partial charge in [-0.15, -0.1) is 5.10 Å². The number of rotatable bonds is 3. The minimum atomic E-state index is 0.803. The van der Waals surface area contributed by atoms with Gasteiger partial charge in [-0.1, -0.05) is 23.4 Å². The zero-order valence-electron chi connectivity index (χ0n) is 9.90. The maximum absolute atomic E-state index is 5.73. The number of para-hydroxylation sites is 1. The third-order valence-electron chi connectivity index (χ3n) is 2.60. The van der Waals surface area contributed by atoms with Crippen LogP contribution in [0.25, 0.3) is 11.3 Å². The maximum atomic E-state index is 5.73. The quantitative estimate of drug-likeness (QED) is 0.662. The van der Waals surface area contributed by atoms with Gasteiger partial charge in [0, 0.05) is 5.56 Å². The zero-order chi connectivity index (χ0) is 13.1. The Hall–Kier alpha value is -1.89. The van der Waals surface area contributed by atoms with Gasteiger partial charge in [-0.25, -0.2) is 0 Å². The summed E-state index contributed by atoms with van der Waals surface area (Å²) < 4.78 is 7.39. The summed E-state index contributed by atoms with van der Waals surface area (Å²) in [6.07, 6.45) is 1.87. The smallest absolute Gasteiger partial charge is 0.127 e. The van der Waals surface area contributed by atoms with Gasteiger partial charge in [-0.3, -0.25) is 0 Å². The van der Waals surface area contributed by atoms with Gasteiger partial charge in [0.2, 0.25) is 0 Å². The summed E-state index contributed by atoms with van der Waals surface area (Å²) in [6, 6.07) is 17.5. The molecule has 0 aliphatic heterocycles. The lowest BCUT2D eigenvalue weighted by Crippen LogP contribution is -1.84. The first-order valence-corrected chi connectivity index (χ1v) is 6.69. The molecule has 1 aromatic heterocycles. The van der Waals surface area contributed by atoms with Crippen LogP contribution in [0.2, 0.25) is 0 Å². The van der Waals surface area contributed by atoms with E-state index in [2.05, 4.69) is 33.2 Å². The summed E-state index contributed by atoms with van der Waals surface area (Å²) in [5.41, 5.74) is 1.86. The van der Waals surface area contributed by atoms with E-state index in [1.165, 1.54) is 0 Å². The van der Waals surface area contributed by atoms with Crippen LogP contribution in [-0.2, 0) is 0 Å². The van der Waals surface area contributed by atoms with Crippen LogP contribution in [0.3, 0.4) is 0 Å². The van der Waals surface area contributed by atoms with E-state index in [9.17, 15) is 0 Å². The largest absolute Gasteiger partial charge is 0.457 e. The summed E-state index contributed by atoms with van der Waals surface area (Å²) >= 11 is 2.07. The predicted octanol–water partition coefficient (Wildman–Crippen LogP) is 3.94. The molecular weight excluding hydrogens is 353 g/mol. The Balaban J connectivity index is 1.79. The molecule has 0 atom stereocenters. The van der Waals surface area contributed by atoms with Crippen molar-refractivity contribution in [3.05, 3.63) is 60.8 Å². The van der Waals surface area contributed by atoms with Crippen LogP contribution in [0.1, 0.15) is 0 Å². The molecule has 0 saturated heterocycles. The van der Waals surface area contributed by atoms with Gasteiger partial charge >= 0.3 is 0 Å². The van der Waals surface area contributed by atoms with Crippen molar-refractivity contribution >= 4 is 22.9 Å². The third-order valence-corrected chi connectivity index (χ3v) is 3.07. The minimum Gasteiger partial charge on any atom is -0.457 e. The van der Waals surface area contributed by atoms with Gasteiger partial charge in [-0.05, 0) is 36.4 Å². The molecule has 0 radical (unpaired) electrons. The molecule has 3 rings (SSSR count). The Kier molecular flexibility index (Phi) is 3.45. The monoisotopic (exact) mass is 363 g/mol. The number of ether oxygens (including phenoxy) is 1. The predicted molar refractivity (Wildman–Crippen MR) is 81.4 cm³/mol. The number of hydrogen-bond donors (Lipinski definition) is 0. The molecule has 0 aliphatic carbocycles. The normalized spacial score (nSPS) is 10.4. The molecule has 0 unspecified atom stereocenters. The Labute approximate surface area is 124 Å². The van der Waals surface area contributed by atoms with Gasteiger partial charge in [0.15, 0.2) is 0 Å². The fourth-order valence-electron chi connectivity index (χ4n) is 1.69. The molecule has 2 aromatic carbocycles. The lowest BCUT2D eigenvalue weighted by atomic mass is 10.2. The van der Waals surface area contributed by atoms with Crippen LogP contribution < -0.4 is 4.74 Å². The van der Waals surface area contributed by atoms with Gasteiger partial charge in [0.25, 0.3) is 0 Å². The number of nitrogens with zero attached hydrogens (tertiary/aromatic N) is 3. The van der Waals surface area contributed by atoms with Gasteiger partial charge in [-0.2, -0.15) is 2.90 Å². The van der Waals surface area contributed by atoms with Crippen molar-refractivity contribution in [3.63, 3.8) is 0 Å². The second-order valence-corrected chi connectivity index (χ2v) is 4.92. The average Bonchev–Trinajstić information content (AvgIpc) is 2.87. The minimum absolute atomic E-state index is 0.803. The fraction of sp³-hybridized carbons (Fsp3) is 0. The Bertz CT molecular complexity index is 665. The van der Waals surface area contributed by atoms with Crippen molar-refractivity contribution in [1.29, 1.82) is 0 Å². The van der Waals surface area contributed by atoms with Crippen LogP contribution in [-0.4, -0.2) is 13.2 Å². The lowest BCUT2D eigenvalue weighted by Gasteiger charge is -2.05. The highest BCUT2D eigenvalue weighted by molar-refractivity contribution is 14.1. The molecule has 0 amide bonds. The molecule has 5 heteroatoms. The summed E-state index contributed by atoms with van der Waals surface area (Å²) in [4.78, 5) is 0. The molecule has 0 fully saturated rings. The summed E-state index contributed by atoms with van der Waals surface area (Å²) in [7, 11) is 0. The van der Waals surface area contributed by atoms with Crippen molar-refractivity contribution in [2.75, 3.05) is 0 Å².